The van der Waals surface area contributed by atoms with Crippen molar-refractivity contribution < 1.29 is 14.3 Å². The van der Waals surface area contributed by atoms with E-state index in [0.29, 0.717) is 5.56 Å². The van der Waals surface area contributed by atoms with Gasteiger partial charge >= 0.3 is 0 Å². The minimum atomic E-state index is -0.00886. The topological polar surface area (TPSA) is 35.5 Å². The van der Waals surface area contributed by atoms with Gasteiger partial charge in [0.15, 0.2) is 5.78 Å². The Kier molecular flexibility index (Phi) is 5.21. The summed E-state index contributed by atoms with van der Waals surface area (Å²) in [5, 5.41) is 0. The molecule has 0 bridgehead atoms. The Bertz CT molecular complexity index is 579. The molecule has 2 aromatic carbocycles. The molecular weight excluding hydrogens is 272 g/mol. The molecule has 0 fully saturated rings. The van der Waals surface area contributed by atoms with Crippen molar-refractivity contribution in [1.29, 1.82) is 0 Å². The first-order valence-electron chi connectivity index (χ1n) is 6.17. The third-order valence-corrected chi connectivity index (χ3v) is 3.73. The van der Waals surface area contributed by atoms with Crippen LogP contribution in [0, 0.1) is 0 Å². The Morgan fingerprint density at radius 1 is 1.05 bits per heavy atom. The summed E-state index contributed by atoms with van der Waals surface area (Å²) in [6.07, 6.45) is 0. The molecule has 0 spiro atoms. The van der Waals surface area contributed by atoms with Crippen LogP contribution >= 0.6 is 11.8 Å². The molecule has 2 rings (SSSR count). The summed E-state index contributed by atoms with van der Waals surface area (Å²) < 4.78 is 10.0. The maximum Gasteiger partial charge on any atom is 0.188 e. The number of hydrogen-bond donors (Lipinski definition) is 0. The van der Waals surface area contributed by atoms with Crippen molar-refractivity contribution in [3.05, 3.63) is 54.1 Å². The van der Waals surface area contributed by atoms with Crippen LogP contribution in [0.1, 0.15) is 10.4 Å². The fourth-order valence-electron chi connectivity index (χ4n) is 1.72. The highest BCUT2D eigenvalue weighted by Gasteiger charge is 2.05. The monoisotopic (exact) mass is 288 g/mol. The summed E-state index contributed by atoms with van der Waals surface area (Å²) in [7, 11) is 3.17. The number of methoxy groups -OCH3 is 2. The van der Waals surface area contributed by atoms with Gasteiger partial charge in [-0.25, -0.2) is 0 Å². The third kappa shape index (κ3) is 3.85. The molecule has 0 atom stereocenters. The molecule has 0 unspecified atom stereocenters. The summed E-state index contributed by atoms with van der Waals surface area (Å²) in [6, 6.07) is 15.4. The van der Waals surface area contributed by atoms with E-state index in [0.717, 1.165) is 15.5 Å². The van der Waals surface area contributed by atoms with E-state index in [9.17, 15) is 4.79 Å². The van der Waals surface area contributed by atoms with Crippen molar-refractivity contribution in [3.63, 3.8) is 0 Å². The van der Waals surface area contributed by atoms with E-state index in [1.807, 2.05) is 48.5 Å². The molecule has 104 valence electrons. The van der Waals surface area contributed by atoms with Gasteiger partial charge in [-0.2, -0.15) is 0 Å². The van der Waals surface area contributed by atoms with Gasteiger partial charge in [-0.15, -0.1) is 0 Å². The predicted molar refractivity (Wildman–Crippen MR) is 79.8 cm³/mol. The van der Waals surface area contributed by atoms with Crippen molar-refractivity contribution in [2.24, 2.45) is 0 Å². The first-order valence-corrected chi connectivity index (χ1v) is 6.98. The molecule has 0 saturated carbocycles. The predicted octanol–water partition coefficient (Wildman–Crippen LogP) is 3.68. The smallest absolute Gasteiger partial charge is 0.188 e. The van der Waals surface area contributed by atoms with Gasteiger partial charge in [-0.05, 0) is 30.3 Å². The molecule has 0 radical (unpaired) electrons. The number of Topliss-reactive ketones (excluding diaryl/α,β-unsaturated/α-hetero) is 1. The summed E-state index contributed by atoms with van der Waals surface area (Å²) in [5.41, 5.74) is 0.668. The molecular formula is C16H16O3S. The molecule has 0 N–H and O–H groups in total. The van der Waals surface area contributed by atoms with Crippen LogP contribution in [-0.4, -0.2) is 26.6 Å². The Balaban J connectivity index is 2.08. The zero-order valence-electron chi connectivity index (χ0n) is 11.5. The lowest BCUT2D eigenvalue weighted by Gasteiger charge is -2.05. The van der Waals surface area contributed by atoms with Crippen molar-refractivity contribution in [1.82, 2.24) is 0 Å². The fraction of sp³-hybridized carbons (Fsp3) is 0.188. The van der Waals surface area contributed by atoms with E-state index in [1.54, 1.807) is 18.9 Å². The average molecular weight is 288 g/mol. The fourth-order valence-corrected chi connectivity index (χ4v) is 2.59. The van der Waals surface area contributed by atoms with Crippen LogP contribution in [0.5, 0.6) is 5.75 Å². The molecule has 2 aromatic rings. The van der Waals surface area contributed by atoms with E-state index in [1.165, 1.54) is 7.11 Å². The van der Waals surface area contributed by atoms with Crippen LogP contribution in [0.25, 0.3) is 0 Å². The minimum absolute atomic E-state index is 0.00886. The molecule has 0 heterocycles. The summed E-state index contributed by atoms with van der Waals surface area (Å²) >= 11 is 1.63. The standard InChI is InChI=1S/C16H16O3S/c1-18-11-16(17)12-6-8-14(9-7-12)20-15-5-3-4-13(10-15)19-2/h3-10H,11H2,1-2H3. The number of benzene rings is 2. The maximum atomic E-state index is 11.6. The number of ketones is 1. The van der Waals surface area contributed by atoms with Crippen LogP contribution < -0.4 is 4.74 Å². The lowest BCUT2D eigenvalue weighted by atomic mass is 10.1. The van der Waals surface area contributed by atoms with Crippen LogP contribution in [0.15, 0.2) is 58.3 Å². The largest absolute Gasteiger partial charge is 0.497 e. The molecule has 3 nitrogen and oxygen atoms in total. The highest BCUT2D eigenvalue weighted by Crippen LogP contribution is 2.30. The average Bonchev–Trinajstić information content (AvgIpc) is 2.48. The van der Waals surface area contributed by atoms with E-state index < -0.39 is 0 Å². The van der Waals surface area contributed by atoms with Crippen LogP contribution in [0.3, 0.4) is 0 Å². The second-order valence-electron chi connectivity index (χ2n) is 4.16. The summed E-state index contributed by atoms with van der Waals surface area (Å²) in [6.45, 7) is 0.113. The number of carbonyl (C=O) groups is 1. The Hall–Kier alpha value is -1.78. The second kappa shape index (κ2) is 7.12. The molecule has 0 aliphatic rings. The molecule has 0 aromatic heterocycles. The van der Waals surface area contributed by atoms with Crippen LogP contribution in [0.2, 0.25) is 0 Å². The second-order valence-corrected chi connectivity index (χ2v) is 5.31. The zero-order valence-corrected chi connectivity index (χ0v) is 12.3. The number of carbonyl (C=O) groups excluding carboxylic acids is 1. The van der Waals surface area contributed by atoms with Gasteiger partial charge in [0.25, 0.3) is 0 Å². The van der Waals surface area contributed by atoms with Crippen molar-refractivity contribution in [3.8, 4) is 5.75 Å². The quantitative estimate of drug-likeness (QED) is 0.760. The van der Waals surface area contributed by atoms with Gasteiger partial charge in [0, 0.05) is 22.5 Å². The molecule has 0 amide bonds. The summed E-state index contributed by atoms with van der Waals surface area (Å²) in [4.78, 5) is 13.8. The van der Waals surface area contributed by atoms with Crippen molar-refractivity contribution in [2.75, 3.05) is 20.8 Å². The van der Waals surface area contributed by atoms with Crippen molar-refractivity contribution in [2.45, 2.75) is 9.79 Å². The van der Waals surface area contributed by atoms with E-state index in [4.69, 9.17) is 9.47 Å². The van der Waals surface area contributed by atoms with E-state index in [2.05, 4.69) is 0 Å². The Morgan fingerprint density at radius 3 is 2.45 bits per heavy atom. The van der Waals surface area contributed by atoms with E-state index in [-0.39, 0.29) is 12.4 Å². The Morgan fingerprint density at radius 2 is 1.80 bits per heavy atom. The molecule has 0 aliphatic carbocycles. The van der Waals surface area contributed by atoms with Gasteiger partial charge in [-0.3, -0.25) is 4.79 Å². The summed E-state index contributed by atoms with van der Waals surface area (Å²) in [5.74, 6) is 0.826. The Labute approximate surface area is 122 Å². The van der Waals surface area contributed by atoms with Crippen molar-refractivity contribution >= 4 is 17.5 Å². The maximum absolute atomic E-state index is 11.6. The van der Waals surface area contributed by atoms with Gasteiger partial charge in [0.05, 0.1) is 7.11 Å². The zero-order chi connectivity index (χ0) is 14.4. The first-order chi connectivity index (χ1) is 9.72. The lowest BCUT2D eigenvalue weighted by molar-refractivity contribution is 0.0848. The molecule has 4 heteroatoms. The van der Waals surface area contributed by atoms with Crippen LogP contribution in [0.4, 0.5) is 0 Å². The van der Waals surface area contributed by atoms with Gasteiger partial charge in [-0.1, -0.05) is 30.0 Å². The number of rotatable bonds is 6. The molecule has 0 saturated heterocycles. The van der Waals surface area contributed by atoms with Crippen LogP contribution in [-0.2, 0) is 4.74 Å². The minimum Gasteiger partial charge on any atom is -0.497 e. The first kappa shape index (κ1) is 14.6. The SMILES string of the molecule is COCC(=O)c1ccc(Sc2cccc(OC)c2)cc1. The van der Waals surface area contributed by atoms with Gasteiger partial charge in [0.2, 0.25) is 0 Å². The normalized spacial score (nSPS) is 10.3. The highest BCUT2D eigenvalue weighted by molar-refractivity contribution is 7.99. The lowest BCUT2D eigenvalue weighted by Crippen LogP contribution is -2.06. The number of ether oxygens (including phenoxy) is 2. The molecule has 0 aliphatic heterocycles. The van der Waals surface area contributed by atoms with Gasteiger partial charge in [0.1, 0.15) is 12.4 Å². The molecule has 20 heavy (non-hydrogen) atoms. The highest BCUT2D eigenvalue weighted by atomic mass is 32.2. The van der Waals surface area contributed by atoms with Gasteiger partial charge < -0.3 is 9.47 Å². The number of hydrogen-bond acceptors (Lipinski definition) is 4. The third-order valence-electron chi connectivity index (χ3n) is 2.73. The van der Waals surface area contributed by atoms with E-state index >= 15 is 0 Å².